The average Bonchev–Trinajstić information content (AvgIpc) is 2.98. The third kappa shape index (κ3) is 2.92. The largest absolute Gasteiger partial charge is 0.442 e. The standard InChI is InChI=1S/C22H13F4NO3/c23-15-12-10-14(11-13-15)19(28)30-21(22(24,25)26)17-8-4-5-9-18(17)27(20(21)29)16-6-2-1-3-7-16/h1-13H/t21-/m1/s1. The van der Waals surface area contributed by atoms with Crippen LogP contribution in [-0.4, -0.2) is 18.1 Å². The van der Waals surface area contributed by atoms with Crippen molar-refractivity contribution in [2.45, 2.75) is 11.8 Å². The van der Waals surface area contributed by atoms with E-state index < -0.39 is 35.0 Å². The maximum absolute atomic E-state index is 14.4. The number of carbonyl (C=O) groups excluding carboxylic acids is 2. The van der Waals surface area contributed by atoms with Crippen molar-refractivity contribution in [3.63, 3.8) is 0 Å². The molecule has 4 rings (SSSR count). The zero-order chi connectivity index (χ0) is 21.5. The van der Waals surface area contributed by atoms with E-state index >= 15 is 0 Å². The van der Waals surface area contributed by atoms with Gasteiger partial charge in [0.15, 0.2) is 0 Å². The minimum absolute atomic E-state index is 0.0436. The van der Waals surface area contributed by atoms with Gasteiger partial charge >= 0.3 is 17.7 Å². The summed E-state index contributed by atoms with van der Waals surface area (Å²) in [5, 5.41) is 0. The molecule has 8 heteroatoms. The lowest BCUT2D eigenvalue weighted by Crippen LogP contribution is -2.53. The van der Waals surface area contributed by atoms with E-state index in [1.54, 1.807) is 18.2 Å². The van der Waals surface area contributed by atoms with Crippen LogP contribution >= 0.6 is 0 Å². The lowest BCUT2D eigenvalue weighted by Gasteiger charge is -2.30. The Bertz CT molecular complexity index is 1110. The second kappa shape index (κ2) is 6.98. The quantitative estimate of drug-likeness (QED) is 0.441. The Morgan fingerprint density at radius 2 is 1.47 bits per heavy atom. The molecule has 0 radical (unpaired) electrons. The van der Waals surface area contributed by atoms with E-state index in [0.717, 1.165) is 35.2 Å². The highest BCUT2D eigenvalue weighted by molar-refractivity contribution is 6.13. The van der Waals surface area contributed by atoms with Gasteiger partial charge in [0.25, 0.3) is 5.91 Å². The fourth-order valence-electron chi connectivity index (χ4n) is 3.40. The van der Waals surface area contributed by atoms with Gasteiger partial charge in [0, 0.05) is 11.3 Å². The smallest absolute Gasteiger partial charge is 0.430 e. The Hall–Kier alpha value is -3.68. The molecule has 0 unspecified atom stereocenters. The third-order valence-corrected chi connectivity index (χ3v) is 4.77. The molecule has 0 spiro atoms. The molecule has 0 saturated carbocycles. The number of ether oxygens (including phenoxy) is 1. The van der Waals surface area contributed by atoms with Crippen LogP contribution in [0.1, 0.15) is 15.9 Å². The molecule has 0 aromatic heterocycles. The summed E-state index contributed by atoms with van der Waals surface area (Å²) < 4.78 is 61.2. The molecule has 1 heterocycles. The molecule has 3 aromatic carbocycles. The van der Waals surface area contributed by atoms with Crippen molar-refractivity contribution in [2.75, 3.05) is 4.90 Å². The van der Waals surface area contributed by atoms with Gasteiger partial charge in [0.1, 0.15) is 5.82 Å². The van der Waals surface area contributed by atoms with Gasteiger partial charge in [-0.05, 0) is 42.5 Å². The van der Waals surface area contributed by atoms with Crippen molar-refractivity contribution < 1.29 is 31.9 Å². The summed E-state index contributed by atoms with van der Waals surface area (Å²) in [6, 6.07) is 16.8. The van der Waals surface area contributed by atoms with Crippen molar-refractivity contribution in [2.24, 2.45) is 0 Å². The van der Waals surface area contributed by atoms with Gasteiger partial charge in [-0.15, -0.1) is 0 Å². The van der Waals surface area contributed by atoms with E-state index in [9.17, 15) is 27.2 Å². The summed E-state index contributed by atoms with van der Waals surface area (Å²) in [4.78, 5) is 26.6. The Balaban J connectivity index is 1.88. The van der Waals surface area contributed by atoms with Crippen LogP contribution in [0.25, 0.3) is 0 Å². The number of carbonyl (C=O) groups is 2. The highest BCUT2D eigenvalue weighted by Crippen LogP contribution is 2.54. The normalized spacial score (nSPS) is 18.3. The number of rotatable bonds is 3. The van der Waals surface area contributed by atoms with Crippen molar-refractivity contribution in [3.8, 4) is 0 Å². The first-order valence-corrected chi connectivity index (χ1v) is 8.80. The first-order chi connectivity index (χ1) is 14.3. The molecule has 0 N–H and O–H groups in total. The van der Waals surface area contributed by atoms with E-state index in [0.29, 0.717) is 0 Å². The monoisotopic (exact) mass is 415 g/mol. The van der Waals surface area contributed by atoms with Gasteiger partial charge in [-0.3, -0.25) is 9.69 Å². The summed E-state index contributed by atoms with van der Waals surface area (Å²) >= 11 is 0. The van der Waals surface area contributed by atoms with Gasteiger partial charge in [0.05, 0.1) is 11.3 Å². The van der Waals surface area contributed by atoms with Gasteiger partial charge < -0.3 is 4.74 Å². The molecule has 1 amide bonds. The van der Waals surface area contributed by atoms with Crippen molar-refractivity contribution in [1.82, 2.24) is 0 Å². The Labute approximate surface area is 168 Å². The van der Waals surface area contributed by atoms with Crippen LogP contribution in [0.4, 0.5) is 28.9 Å². The molecule has 3 aromatic rings. The lowest BCUT2D eigenvalue weighted by atomic mass is 9.94. The average molecular weight is 415 g/mol. The third-order valence-electron chi connectivity index (χ3n) is 4.77. The van der Waals surface area contributed by atoms with Gasteiger partial charge in [-0.25, -0.2) is 9.18 Å². The van der Waals surface area contributed by atoms with E-state index in [1.807, 2.05) is 0 Å². The number of para-hydroxylation sites is 2. The summed E-state index contributed by atoms with van der Waals surface area (Å²) in [5.41, 5.74) is -4.20. The molecule has 0 bridgehead atoms. The zero-order valence-electron chi connectivity index (χ0n) is 15.2. The Kier molecular flexibility index (Phi) is 4.57. The van der Waals surface area contributed by atoms with Crippen LogP contribution in [-0.2, 0) is 15.1 Å². The van der Waals surface area contributed by atoms with E-state index in [1.165, 1.54) is 30.3 Å². The second-order valence-corrected chi connectivity index (χ2v) is 6.57. The van der Waals surface area contributed by atoms with Crippen LogP contribution in [0.3, 0.4) is 0 Å². The second-order valence-electron chi connectivity index (χ2n) is 6.57. The molecule has 0 fully saturated rings. The Morgan fingerprint density at radius 1 is 0.867 bits per heavy atom. The number of amides is 1. The topological polar surface area (TPSA) is 46.6 Å². The Morgan fingerprint density at radius 3 is 2.10 bits per heavy atom. The van der Waals surface area contributed by atoms with Crippen molar-refractivity contribution >= 4 is 23.3 Å². The summed E-state index contributed by atoms with van der Waals surface area (Å²) in [7, 11) is 0. The molecule has 0 saturated heterocycles. The van der Waals surface area contributed by atoms with Crippen molar-refractivity contribution in [3.05, 3.63) is 95.8 Å². The first kappa shape index (κ1) is 19.6. The van der Waals surface area contributed by atoms with Crippen LogP contribution in [0.5, 0.6) is 0 Å². The van der Waals surface area contributed by atoms with Crippen LogP contribution < -0.4 is 4.90 Å². The SMILES string of the molecule is O=C(O[C@@]1(C(F)(F)F)C(=O)N(c2ccccc2)c2ccccc21)c1ccc(F)cc1. The van der Waals surface area contributed by atoms with E-state index in [-0.39, 0.29) is 16.9 Å². The van der Waals surface area contributed by atoms with Crippen LogP contribution in [0, 0.1) is 5.82 Å². The van der Waals surface area contributed by atoms with Crippen LogP contribution in [0.2, 0.25) is 0 Å². The zero-order valence-corrected chi connectivity index (χ0v) is 15.2. The highest BCUT2D eigenvalue weighted by Gasteiger charge is 2.71. The van der Waals surface area contributed by atoms with Gasteiger partial charge in [-0.1, -0.05) is 36.4 Å². The number of alkyl halides is 3. The maximum Gasteiger partial charge on any atom is 0.442 e. The van der Waals surface area contributed by atoms with Crippen LogP contribution in [0.15, 0.2) is 78.9 Å². The number of halogens is 4. The van der Waals surface area contributed by atoms with Gasteiger partial charge in [-0.2, -0.15) is 13.2 Å². The summed E-state index contributed by atoms with van der Waals surface area (Å²) in [5.74, 6) is -3.53. The summed E-state index contributed by atoms with van der Waals surface area (Å²) in [6.07, 6.45) is -5.25. The minimum atomic E-state index is -5.25. The molecule has 0 aliphatic carbocycles. The molecule has 1 atom stereocenters. The lowest BCUT2D eigenvalue weighted by molar-refractivity contribution is -0.252. The van der Waals surface area contributed by atoms with Crippen molar-refractivity contribution in [1.29, 1.82) is 0 Å². The first-order valence-electron chi connectivity index (χ1n) is 8.80. The number of nitrogens with zero attached hydrogens (tertiary/aromatic N) is 1. The van der Waals surface area contributed by atoms with Gasteiger partial charge in [0.2, 0.25) is 0 Å². The summed E-state index contributed by atoms with van der Waals surface area (Å²) in [6.45, 7) is 0. The molecular weight excluding hydrogens is 402 g/mol. The minimum Gasteiger partial charge on any atom is -0.430 e. The molecule has 30 heavy (non-hydrogen) atoms. The molecule has 152 valence electrons. The maximum atomic E-state index is 14.4. The number of hydrogen-bond donors (Lipinski definition) is 0. The molecule has 4 nitrogen and oxygen atoms in total. The molecule has 1 aliphatic heterocycles. The predicted octanol–water partition coefficient (Wildman–Crippen LogP) is 5.12. The fraction of sp³-hybridized carbons (Fsp3) is 0.0909. The number of anilines is 2. The number of fused-ring (bicyclic) bond motifs is 1. The molecular formula is C22H13F4NO3. The number of esters is 1. The van der Waals surface area contributed by atoms with E-state index in [4.69, 9.17) is 4.74 Å². The molecule has 1 aliphatic rings. The number of benzene rings is 3. The predicted molar refractivity (Wildman–Crippen MR) is 99.6 cm³/mol. The van der Waals surface area contributed by atoms with E-state index in [2.05, 4.69) is 0 Å². The number of hydrogen-bond acceptors (Lipinski definition) is 3. The highest BCUT2D eigenvalue weighted by atomic mass is 19.4. The fourth-order valence-corrected chi connectivity index (χ4v) is 3.40.